The Labute approximate surface area is 99.6 Å². The van der Waals surface area contributed by atoms with Crippen LogP contribution < -0.4 is 5.32 Å². The normalized spacial score (nSPS) is 22.3. The van der Waals surface area contributed by atoms with Gasteiger partial charge in [0.05, 0.1) is 6.61 Å². The fraction of sp³-hybridized carbons (Fsp3) is 1.00. The lowest BCUT2D eigenvalue weighted by molar-refractivity contribution is 0.0621. The molecule has 3 nitrogen and oxygen atoms in total. The van der Waals surface area contributed by atoms with Crippen LogP contribution >= 0.6 is 0 Å². The van der Waals surface area contributed by atoms with E-state index in [0.717, 1.165) is 39.0 Å². The number of rotatable bonds is 7. The van der Waals surface area contributed by atoms with Gasteiger partial charge in [-0.05, 0) is 37.5 Å². The maximum absolute atomic E-state index is 9.15. The van der Waals surface area contributed by atoms with E-state index in [9.17, 15) is 0 Å². The quantitative estimate of drug-likeness (QED) is 0.701. The Morgan fingerprint density at radius 2 is 2.12 bits per heavy atom. The molecule has 0 aromatic rings. The van der Waals surface area contributed by atoms with E-state index in [0.29, 0.717) is 12.6 Å². The maximum Gasteiger partial charge on any atom is 0.0619 e. The number of hydrogen-bond acceptors (Lipinski definition) is 3. The van der Waals surface area contributed by atoms with Crippen LogP contribution in [0.25, 0.3) is 0 Å². The molecule has 1 heterocycles. The summed E-state index contributed by atoms with van der Waals surface area (Å²) in [7, 11) is 0. The van der Waals surface area contributed by atoms with E-state index in [2.05, 4.69) is 19.2 Å². The molecule has 0 amide bonds. The lowest BCUT2D eigenvalue weighted by Crippen LogP contribution is -2.43. The predicted molar refractivity (Wildman–Crippen MR) is 66.6 cm³/mol. The van der Waals surface area contributed by atoms with Gasteiger partial charge < -0.3 is 15.2 Å². The van der Waals surface area contributed by atoms with Gasteiger partial charge in [-0.2, -0.15) is 0 Å². The van der Waals surface area contributed by atoms with Gasteiger partial charge in [-0.1, -0.05) is 13.8 Å². The van der Waals surface area contributed by atoms with Gasteiger partial charge in [0.1, 0.15) is 0 Å². The first-order valence-corrected chi connectivity index (χ1v) is 6.68. The summed E-state index contributed by atoms with van der Waals surface area (Å²) in [6, 6.07) is 0.518. The second kappa shape index (κ2) is 7.25. The second-order valence-corrected chi connectivity index (χ2v) is 4.98. The van der Waals surface area contributed by atoms with Crippen molar-refractivity contribution in [3.8, 4) is 0 Å². The first-order valence-electron chi connectivity index (χ1n) is 6.68. The largest absolute Gasteiger partial charge is 0.396 e. The fourth-order valence-corrected chi connectivity index (χ4v) is 2.44. The van der Waals surface area contributed by atoms with Crippen LogP contribution in [0, 0.1) is 5.41 Å². The molecule has 0 bridgehead atoms. The predicted octanol–water partition coefficient (Wildman–Crippen LogP) is 1.94. The van der Waals surface area contributed by atoms with Crippen molar-refractivity contribution in [1.82, 2.24) is 5.32 Å². The zero-order valence-corrected chi connectivity index (χ0v) is 10.8. The van der Waals surface area contributed by atoms with Gasteiger partial charge in [-0.15, -0.1) is 0 Å². The third kappa shape index (κ3) is 4.04. The molecule has 1 aliphatic heterocycles. The van der Waals surface area contributed by atoms with Crippen LogP contribution in [-0.2, 0) is 4.74 Å². The van der Waals surface area contributed by atoms with Gasteiger partial charge in [0, 0.05) is 25.8 Å². The Kier molecular flexibility index (Phi) is 6.32. The van der Waals surface area contributed by atoms with E-state index in [1.54, 1.807) is 0 Å². The van der Waals surface area contributed by atoms with Gasteiger partial charge >= 0.3 is 0 Å². The summed E-state index contributed by atoms with van der Waals surface area (Å²) in [5.41, 5.74) is 0.270. The Morgan fingerprint density at radius 3 is 2.62 bits per heavy atom. The highest BCUT2D eigenvalue weighted by molar-refractivity contribution is 4.81. The number of ether oxygens (including phenoxy) is 1. The maximum atomic E-state index is 9.15. The van der Waals surface area contributed by atoms with Crippen LogP contribution in [-0.4, -0.2) is 37.5 Å². The number of aliphatic hydroxyl groups excluding tert-OH is 1. The first kappa shape index (κ1) is 13.9. The molecule has 0 radical (unpaired) electrons. The van der Waals surface area contributed by atoms with Crippen LogP contribution in [0.1, 0.15) is 46.0 Å². The molecule has 1 fully saturated rings. The topological polar surface area (TPSA) is 41.5 Å². The molecule has 0 aromatic carbocycles. The Balaban J connectivity index is 2.35. The average molecular weight is 229 g/mol. The van der Waals surface area contributed by atoms with Crippen molar-refractivity contribution in [3.63, 3.8) is 0 Å². The molecule has 1 aliphatic rings. The van der Waals surface area contributed by atoms with Crippen molar-refractivity contribution in [3.05, 3.63) is 0 Å². The summed E-state index contributed by atoms with van der Waals surface area (Å²) < 4.78 is 5.46. The highest BCUT2D eigenvalue weighted by Gasteiger charge is 2.26. The van der Waals surface area contributed by atoms with E-state index < -0.39 is 0 Å². The highest BCUT2D eigenvalue weighted by Crippen LogP contribution is 2.29. The van der Waals surface area contributed by atoms with E-state index in [1.807, 2.05) is 0 Å². The molecule has 96 valence electrons. The van der Waals surface area contributed by atoms with E-state index in [-0.39, 0.29) is 5.41 Å². The minimum absolute atomic E-state index is 0.270. The summed E-state index contributed by atoms with van der Waals surface area (Å²) in [5, 5.41) is 12.8. The number of aliphatic hydroxyl groups is 1. The zero-order chi connectivity index (χ0) is 11.9. The molecule has 1 rings (SSSR count). The molecule has 1 unspecified atom stereocenters. The van der Waals surface area contributed by atoms with Crippen molar-refractivity contribution in [2.24, 2.45) is 5.41 Å². The van der Waals surface area contributed by atoms with E-state index in [4.69, 9.17) is 9.84 Å². The fourth-order valence-electron chi connectivity index (χ4n) is 2.44. The molecule has 0 aromatic heterocycles. The minimum atomic E-state index is 0.270. The molecule has 0 aliphatic carbocycles. The van der Waals surface area contributed by atoms with E-state index >= 15 is 0 Å². The molecule has 1 atom stereocenters. The lowest BCUT2D eigenvalue weighted by atomic mass is 9.79. The summed E-state index contributed by atoms with van der Waals surface area (Å²) >= 11 is 0. The molecule has 3 heteroatoms. The lowest BCUT2D eigenvalue weighted by Gasteiger charge is -2.34. The Hall–Kier alpha value is -0.120. The van der Waals surface area contributed by atoms with Crippen molar-refractivity contribution < 1.29 is 9.84 Å². The number of nitrogens with one attached hydrogen (secondary N) is 1. The van der Waals surface area contributed by atoms with Gasteiger partial charge in [0.15, 0.2) is 0 Å². The van der Waals surface area contributed by atoms with Crippen LogP contribution in [0.3, 0.4) is 0 Å². The summed E-state index contributed by atoms with van der Waals surface area (Å²) in [6.45, 7) is 7.51. The molecule has 2 N–H and O–H groups in total. The molecule has 0 spiro atoms. The molecule has 16 heavy (non-hydrogen) atoms. The van der Waals surface area contributed by atoms with Crippen LogP contribution in [0.4, 0.5) is 0 Å². The Morgan fingerprint density at radius 1 is 1.38 bits per heavy atom. The second-order valence-electron chi connectivity index (χ2n) is 4.98. The van der Waals surface area contributed by atoms with Gasteiger partial charge in [-0.25, -0.2) is 0 Å². The summed E-state index contributed by atoms with van der Waals surface area (Å²) in [6.07, 6.45) is 5.56. The first-order chi connectivity index (χ1) is 7.76. The van der Waals surface area contributed by atoms with Crippen molar-refractivity contribution in [1.29, 1.82) is 0 Å². The summed E-state index contributed by atoms with van der Waals surface area (Å²) in [4.78, 5) is 0. The monoisotopic (exact) mass is 229 g/mol. The highest BCUT2D eigenvalue weighted by atomic mass is 16.5. The Bertz CT molecular complexity index is 175. The van der Waals surface area contributed by atoms with Crippen molar-refractivity contribution in [2.75, 3.05) is 26.4 Å². The molecular formula is C13H27NO2. The van der Waals surface area contributed by atoms with Crippen molar-refractivity contribution >= 4 is 0 Å². The zero-order valence-electron chi connectivity index (χ0n) is 10.8. The SMILES string of the molecule is CCC(CC)(CCO)CNC1CCCOC1. The van der Waals surface area contributed by atoms with Crippen LogP contribution in [0.5, 0.6) is 0 Å². The van der Waals surface area contributed by atoms with Gasteiger partial charge in [0.2, 0.25) is 0 Å². The smallest absolute Gasteiger partial charge is 0.0619 e. The molecule has 1 saturated heterocycles. The van der Waals surface area contributed by atoms with Gasteiger partial charge in [-0.3, -0.25) is 0 Å². The standard InChI is InChI=1S/C13H27NO2/c1-3-13(4-2,7-8-15)11-14-12-6-5-9-16-10-12/h12,14-15H,3-11H2,1-2H3. The third-order valence-electron chi connectivity index (χ3n) is 4.07. The average Bonchev–Trinajstić information content (AvgIpc) is 2.36. The van der Waals surface area contributed by atoms with Crippen LogP contribution in [0.2, 0.25) is 0 Å². The third-order valence-corrected chi connectivity index (χ3v) is 4.07. The van der Waals surface area contributed by atoms with Crippen molar-refractivity contribution in [2.45, 2.75) is 52.0 Å². The molecule has 0 saturated carbocycles. The van der Waals surface area contributed by atoms with Crippen LogP contribution in [0.15, 0.2) is 0 Å². The number of hydrogen-bond donors (Lipinski definition) is 2. The van der Waals surface area contributed by atoms with E-state index in [1.165, 1.54) is 12.8 Å². The van der Waals surface area contributed by atoms with Gasteiger partial charge in [0.25, 0.3) is 0 Å². The summed E-state index contributed by atoms with van der Waals surface area (Å²) in [5.74, 6) is 0. The minimum Gasteiger partial charge on any atom is -0.396 e. The molecular weight excluding hydrogens is 202 g/mol.